The van der Waals surface area contributed by atoms with E-state index in [9.17, 15) is 4.79 Å². The van der Waals surface area contributed by atoms with Crippen LogP contribution in [0.2, 0.25) is 0 Å². The Morgan fingerprint density at radius 2 is 1.71 bits per heavy atom. The Morgan fingerprint density at radius 1 is 0.964 bits per heavy atom. The van der Waals surface area contributed by atoms with Gasteiger partial charge in [-0.2, -0.15) is 0 Å². The smallest absolute Gasteiger partial charge is 0.255 e. The van der Waals surface area contributed by atoms with Gasteiger partial charge in [0.2, 0.25) is 0 Å². The third-order valence-corrected chi connectivity index (χ3v) is 4.41. The number of nitrogens with zero attached hydrogens (tertiary/aromatic N) is 1. The molecule has 2 N–H and O–H groups in total. The first kappa shape index (κ1) is 19.2. The normalized spacial score (nSPS) is 10.3. The maximum Gasteiger partial charge on any atom is 0.255 e. The molecule has 2 aromatic carbocycles. The predicted octanol–water partition coefficient (Wildman–Crippen LogP) is 4.71. The number of hydrogen-bond acceptors (Lipinski definition) is 5. The van der Waals surface area contributed by atoms with Gasteiger partial charge in [-0.05, 0) is 49.2 Å². The first-order chi connectivity index (χ1) is 13.5. The molecule has 0 fully saturated rings. The fraction of sp³-hybridized carbons (Fsp3) is 0.182. The zero-order valence-electron chi connectivity index (χ0n) is 16.4. The Morgan fingerprint density at radius 3 is 2.39 bits per heavy atom. The zero-order valence-corrected chi connectivity index (χ0v) is 16.4. The number of pyridine rings is 1. The van der Waals surface area contributed by atoms with E-state index >= 15 is 0 Å². The maximum atomic E-state index is 12.7. The van der Waals surface area contributed by atoms with Crippen molar-refractivity contribution in [3.8, 4) is 11.5 Å². The maximum absolute atomic E-state index is 12.7. The van der Waals surface area contributed by atoms with Gasteiger partial charge in [-0.25, -0.2) is 4.98 Å². The van der Waals surface area contributed by atoms with Gasteiger partial charge in [-0.15, -0.1) is 0 Å². The summed E-state index contributed by atoms with van der Waals surface area (Å²) in [5, 5.41) is 6.17. The lowest BCUT2D eigenvalue weighted by Crippen LogP contribution is -2.13. The number of rotatable bonds is 6. The number of amides is 1. The van der Waals surface area contributed by atoms with Gasteiger partial charge in [0, 0.05) is 23.5 Å². The van der Waals surface area contributed by atoms with Crippen LogP contribution < -0.4 is 20.1 Å². The minimum atomic E-state index is -0.254. The van der Waals surface area contributed by atoms with Crippen LogP contribution in [-0.2, 0) is 0 Å². The highest BCUT2D eigenvalue weighted by Gasteiger charge is 2.12. The van der Waals surface area contributed by atoms with E-state index in [0.29, 0.717) is 28.6 Å². The SMILES string of the molecule is COc1ccc(NC(=O)c2ccnc(Nc3c(C)cccc3C)c2)c(OC)c1. The molecule has 0 radical (unpaired) electrons. The third-order valence-electron chi connectivity index (χ3n) is 4.41. The molecule has 6 heteroatoms. The van der Waals surface area contributed by atoms with Crippen molar-refractivity contribution in [1.82, 2.24) is 4.98 Å². The highest BCUT2D eigenvalue weighted by atomic mass is 16.5. The average Bonchev–Trinajstić information content (AvgIpc) is 2.71. The fourth-order valence-electron chi connectivity index (χ4n) is 2.88. The number of aromatic nitrogens is 1. The highest BCUT2D eigenvalue weighted by Crippen LogP contribution is 2.29. The summed E-state index contributed by atoms with van der Waals surface area (Å²) in [7, 11) is 3.12. The van der Waals surface area contributed by atoms with E-state index in [0.717, 1.165) is 16.8 Å². The van der Waals surface area contributed by atoms with Crippen molar-refractivity contribution in [3.05, 3.63) is 71.4 Å². The van der Waals surface area contributed by atoms with Crippen molar-refractivity contribution in [2.45, 2.75) is 13.8 Å². The number of methoxy groups -OCH3 is 2. The molecular formula is C22H23N3O3. The second-order valence-corrected chi connectivity index (χ2v) is 6.34. The molecule has 0 aliphatic heterocycles. The molecule has 1 amide bonds. The molecule has 144 valence electrons. The molecule has 0 aliphatic carbocycles. The average molecular weight is 377 g/mol. The number of anilines is 3. The quantitative estimate of drug-likeness (QED) is 0.651. The molecule has 0 bridgehead atoms. The first-order valence-corrected chi connectivity index (χ1v) is 8.84. The van der Waals surface area contributed by atoms with E-state index in [-0.39, 0.29) is 5.91 Å². The van der Waals surface area contributed by atoms with Crippen molar-refractivity contribution in [2.24, 2.45) is 0 Å². The van der Waals surface area contributed by atoms with Crippen molar-refractivity contribution in [1.29, 1.82) is 0 Å². The molecule has 0 aliphatic rings. The molecule has 0 spiro atoms. The van der Waals surface area contributed by atoms with E-state index < -0.39 is 0 Å². The molecule has 28 heavy (non-hydrogen) atoms. The number of para-hydroxylation sites is 1. The van der Waals surface area contributed by atoms with Crippen LogP contribution in [0, 0.1) is 13.8 Å². The monoisotopic (exact) mass is 377 g/mol. The van der Waals surface area contributed by atoms with Gasteiger partial charge in [0.25, 0.3) is 5.91 Å². The molecule has 0 saturated carbocycles. The number of nitrogens with one attached hydrogen (secondary N) is 2. The number of ether oxygens (including phenoxy) is 2. The Labute approximate surface area is 164 Å². The summed E-state index contributed by atoms with van der Waals surface area (Å²) >= 11 is 0. The van der Waals surface area contributed by atoms with Crippen LogP contribution in [0.4, 0.5) is 17.2 Å². The lowest BCUT2D eigenvalue weighted by atomic mass is 10.1. The van der Waals surface area contributed by atoms with Crippen molar-refractivity contribution < 1.29 is 14.3 Å². The summed E-state index contributed by atoms with van der Waals surface area (Å²) in [4.78, 5) is 17.1. The topological polar surface area (TPSA) is 72.5 Å². The van der Waals surface area contributed by atoms with E-state index in [2.05, 4.69) is 15.6 Å². The van der Waals surface area contributed by atoms with E-state index in [1.807, 2.05) is 32.0 Å². The van der Waals surface area contributed by atoms with Crippen LogP contribution in [-0.4, -0.2) is 25.1 Å². The second-order valence-electron chi connectivity index (χ2n) is 6.34. The standard InChI is InChI=1S/C22H23N3O3/c1-14-6-5-7-15(2)21(14)25-20-12-16(10-11-23-20)22(26)24-18-9-8-17(27-3)13-19(18)28-4/h5-13H,1-4H3,(H,23,25)(H,24,26). The van der Waals surface area contributed by atoms with Crippen LogP contribution in [0.5, 0.6) is 11.5 Å². The van der Waals surface area contributed by atoms with Crippen LogP contribution in [0.1, 0.15) is 21.5 Å². The highest BCUT2D eigenvalue weighted by molar-refractivity contribution is 6.05. The summed E-state index contributed by atoms with van der Waals surface area (Å²) in [6.45, 7) is 4.06. The van der Waals surface area contributed by atoms with Crippen LogP contribution in [0.3, 0.4) is 0 Å². The van der Waals surface area contributed by atoms with Gasteiger partial charge in [0.05, 0.1) is 19.9 Å². The van der Waals surface area contributed by atoms with Crippen molar-refractivity contribution in [3.63, 3.8) is 0 Å². The summed E-state index contributed by atoms with van der Waals surface area (Å²) in [6.07, 6.45) is 1.61. The molecule has 0 unspecified atom stereocenters. The zero-order chi connectivity index (χ0) is 20.1. The number of carbonyl (C=O) groups is 1. The lowest BCUT2D eigenvalue weighted by molar-refractivity contribution is 0.102. The Balaban J connectivity index is 1.81. The second kappa shape index (κ2) is 8.43. The molecule has 3 aromatic rings. The molecule has 0 saturated heterocycles. The lowest BCUT2D eigenvalue weighted by Gasteiger charge is -2.14. The number of carbonyl (C=O) groups excluding carboxylic acids is 1. The van der Waals surface area contributed by atoms with Gasteiger partial charge in [0.15, 0.2) is 0 Å². The van der Waals surface area contributed by atoms with E-state index in [1.165, 1.54) is 0 Å². The fourth-order valence-corrected chi connectivity index (χ4v) is 2.88. The first-order valence-electron chi connectivity index (χ1n) is 8.84. The van der Waals surface area contributed by atoms with Crippen LogP contribution in [0.25, 0.3) is 0 Å². The van der Waals surface area contributed by atoms with E-state index in [1.54, 1.807) is 50.7 Å². The van der Waals surface area contributed by atoms with Gasteiger partial charge >= 0.3 is 0 Å². The summed E-state index contributed by atoms with van der Waals surface area (Å²) < 4.78 is 10.5. The Bertz CT molecular complexity index is 982. The molecule has 0 atom stereocenters. The van der Waals surface area contributed by atoms with Gasteiger partial charge < -0.3 is 20.1 Å². The van der Waals surface area contributed by atoms with Crippen molar-refractivity contribution >= 4 is 23.1 Å². The van der Waals surface area contributed by atoms with Gasteiger partial charge in [-0.1, -0.05) is 18.2 Å². The molecule has 1 heterocycles. The molecule has 1 aromatic heterocycles. The number of hydrogen-bond donors (Lipinski definition) is 2. The Kier molecular flexibility index (Phi) is 5.79. The van der Waals surface area contributed by atoms with Crippen LogP contribution in [0.15, 0.2) is 54.7 Å². The molecule has 6 nitrogen and oxygen atoms in total. The van der Waals surface area contributed by atoms with E-state index in [4.69, 9.17) is 9.47 Å². The van der Waals surface area contributed by atoms with Crippen molar-refractivity contribution in [2.75, 3.05) is 24.9 Å². The molecule has 3 rings (SSSR count). The minimum absolute atomic E-state index is 0.254. The van der Waals surface area contributed by atoms with Gasteiger partial charge in [0.1, 0.15) is 17.3 Å². The summed E-state index contributed by atoms with van der Waals surface area (Å²) in [5.41, 5.74) is 4.26. The largest absolute Gasteiger partial charge is 0.497 e. The summed E-state index contributed by atoms with van der Waals surface area (Å²) in [6, 6.07) is 14.7. The Hall–Kier alpha value is -3.54. The molecular weight excluding hydrogens is 354 g/mol. The number of aryl methyl sites for hydroxylation is 2. The summed E-state index contributed by atoms with van der Waals surface area (Å²) in [5.74, 6) is 1.52. The third kappa shape index (κ3) is 4.23. The van der Waals surface area contributed by atoms with Gasteiger partial charge in [-0.3, -0.25) is 4.79 Å². The van der Waals surface area contributed by atoms with Crippen LogP contribution >= 0.6 is 0 Å². The number of benzene rings is 2. The minimum Gasteiger partial charge on any atom is -0.497 e. The predicted molar refractivity (Wildman–Crippen MR) is 111 cm³/mol.